The van der Waals surface area contributed by atoms with Crippen molar-refractivity contribution in [2.75, 3.05) is 5.32 Å². The van der Waals surface area contributed by atoms with Gasteiger partial charge in [-0.15, -0.1) is 0 Å². The Labute approximate surface area is 152 Å². The molecule has 0 spiro atoms. The second kappa shape index (κ2) is 6.67. The van der Waals surface area contributed by atoms with Gasteiger partial charge in [0.25, 0.3) is 0 Å². The quantitative estimate of drug-likeness (QED) is 0.619. The van der Waals surface area contributed by atoms with E-state index in [0.717, 1.165) is 10.8 Å². The zero-order valence-corrected chi connectivity index (χ0v) is 14.4. The minimum atomic E-state index is -3.87. The molecule has 1 amide bonds. The Kier molecular flexibility index (Phi) is 4.52. The van der Waals surface area contributed by atoms with Gasteiger partial charge in [0.2, 0.25) is 15.5 Å². The molecule has 0 aliphatic carbocycles. The Hall–Kier alpha value is -3.50. The lowest BCUT2D eigenvalue weighted by molar-refractivity contribution is 0.0695. The van der Waals surface area contributed by atoms with Crippen molar-refractivity contribution < 1.29 is 23.1 Å². The first-order valence-electron chi connectivity index (χ1n) is 7.50. The molecule has 4 N–H and O–H groups in total. The highest BCUT2D eigenvalue weighted by Gasteiger charge is 2.17. The number of anilines is 1. The lowest BCUT2D eigenvalue weighted by atomic mass is 10.1. The number of pyridine rings is 1. The number of aromatic nitrogens is 1. The van der Waals surface area contributed by atoms with E-state index in [1.54, 1.807) is 12.1 Å². The SMILES string of the molecule is NS(=O)(=O)c1ccc(NC(=O)n2cc(C(=O)O)c(=O)c3ccccc32)cc1. The molecule has 3 rings (SSSR count). The third-order valence-corrected chi connectivity index (χ3v) is 4.72. The number of fused-ring (bicyclic) bond motifs is 1. The van der Waals surface area contributed by atoms with E-state index in [0.29, 0.717) is 0 Å². The van der Waals surface area contributed by atoms with Gasteiger partial charge in [-0.1, -0.05) is 12.1 Å². The van der Waals surface area contributed by atoms with Crippen LogP contribution in [0, 0.1) is 0 Å². The van der Waals surface area contributed by atoms with Crippen molar-refractivity contribution in [2.24, 2.45) is 5.14 Å². The van der Waals surface area contributed by atoms with Gasteiger partial charge in [0, 0.05) is 17.3 Å². The van der Waals surface area contributed by atoms with Crippen LogP contribution in [0.2, 0.25) is 0 Å². The summed E-state index contributed by atoms with van der Waals surface area (Å²) in [6.07, 6.45) is 0.945. The molecule has 0 saturated carbocycles. The van der Waals surface area contributed by atoms with Gasteiger partial charge >= 0.3 is 12.0 Å². The van der Waals surface area contributed by atoms with Gasteiger partial charge in [0.05, 0.1) is 10.4 Å². The predicted octanol–water partition coefficient (Wildman–Crippen LogP) is 1.43. The summed E-state index contributed by atoms with van der Waals surface area (Å²) in [4.78, 5) is 36.0. The molecular weight excluding hydrogens is 374 g/mol. The number of hydrogen-bond acceptors (Lipinski definition) is 5. The smallest absolute Gasteiger partial charge is 0.341 e. The first-order valence-corrected chi connectivity index (χ1v) is 9.05. The van der Waals surface area contributed by atoms with Crippen LogP contribution >= 0.6 is 0 Å². The first-order chi connectivity index (χ1) is 12.7. The lowest BCUT2D eigenvalue weighted by Crippen LogP contribution is -2.25. The van der Waals surface area contributed by atoms with Gasteiger partial charge in [-0.05, 0) is 36.4 Å². The fraction of sp³-hybridized carbons (Fsp3) is 0. The molecule has 1 heterocycles. The Morgan fingerprint density at radius 2 is 1.67 bits per heavy atom. The third-order valence-electron chi connectivity index (χ3n) is 3.79. The molecule has 0 unspecified atom stereocenters. The molecule has 1 aromatic heterocycles. The standard InChI is InChI=1S/C17H13N3O6S/c18-27(25,26)11-7-5-10(6-8-11)19-17(24)20-9-13(16(22)23)15(21)12-3-1-2-4-14(12)20/h1-9H,(H,19,24)(H,22,23)(H2,18,25,26). The number of carbonyl (C=O) groups excluding carboxylic acids is 1. The maximum absolute atomic E-state index is 12.6. The van der Waals surface area contributed by atoms with E-state index in [9.17, 15) is 27.9 Å². The predicted molar refractivity (Wildman–Crippen MR) is 97.4 cm³/mol. The highest BCUT2D eigenvalue weighted by Crippen LogP contribution is 2.16. The zero-order chi connectivity index (χ0) is 19.8. The first kappa shape index (κ1) is 18.3. The molecule has 0 aliphatic rings. The average Bonchev–Trinajstić information content (AvgIpc) is 2.61. The topological polar surface area (TPSA) is 149 Å². The van der Waals surface area contributed by atoms with Crippen molar-refractivity contribution in [3.63, 3.8) is 0 Å². The highest BCUT2D eigenvalue weighted by molar-refractivity contribution is 7.89. The summed E-state index contributed by atoms with van der Waals surface area (Å²) in [5, 5.41) is 16.8. The van der Waals surface area contributed by atoms with Gasteiger partial charge in [-0.3, -0.25) is 9.36 Å². The van der Waals surface area contributed by atoms with Crippen LogP contribution in [0.5, 0.6) is 0 Å². The van der Waals surface area contributed by atoms with E-state index in [4.69, 9.17) is 5.14 Å². The number of carbonyl (C=O) groups is 2. The number of benzene rings is 2. The number of aromatic carboxylic acids is 1. The summed E-state index contributed by atoms with van der Waals surface area (Å²) in [5.41, 5.74) is -0.758. The number of carboxylic acid groups (broad SMARTS) is 1. The van der Waals surface area contributed by atoms with E-state index in [1.165, 1.54) is 36.4 Å². The average molecular weight is 387 g/mol. The van der Waals surface area contributed by atoms with Crippen molar-refractivity contribution in [1.29, 1.82) is 0 Å². The Morgan fingerprint density at radius 3 is 2.26 bits per heavy atom. The molecule has 0 radical (unpaired) electrons. The number of hydrogen-bond donors (Lipinski definition) is 3. The number of amides is 1. The summed E-state index contributed by atoms with van der Waals surface area (Å²) in [6, 6.07) is 10.5. The molecule has 10 heteroatoms. The number of para-hydroxylation sites is 1. The van der Waals surface area contributed by atoms with E-state index in [2.05, 4.69) is 5.32 Å². The van der Waals surface area contributed by atoms with E-state index < -0.39 is 33.0 Å². The summed E-state index contributed by atoms with van der Waals surface area (Å²) in [5.74, 6) is -1.45. The fourth-order valence-corrected chi connectivity index (χ4v) is 3.03. The normalized spacial score (nSPS) is 11.3. The maximum atomic E-state index is 12.6. The van der Waals surface area contributed by atoms with Gasteiger partial charge in [-0.25, -0.2) is 23.1 Å². The van der Waals surface area contributed by atoms with Crippen molar-refractivity contribution in [2.45, 2.75) is 4.90 Å². The molecule has 2 aromatic carbocycles. The minimum Gasteiger partial charge on any atom is -0.477 e. The number of nitrogens with two attached hydrogens (primary N) is 1. The number of sulfonamides is 1. The van der Waals surface area contributed by atoms with Gasteiger partial charge in [0.15, 0.2) is 0 Å². The Morgan fingerprint density at radius 1 is 1.04 bits per heavy atom. The molecule has 138 valence electrons. The van der Waals surface area contributed by atoms with E-state index >= 15 is 0 Å². The van der Waals surface area contributed by atoms with Crippen LogP contribution in [0.15, 0.2) is 64.4 Å². The van der Waals surface area contributed by atoms with Crippen LogP contribution in [0.3, 0.4) is 0 Å². The van der Waals surface area contributed by atoms with Gasteiger partial charge in [0.1, 0.15) is 5.56 Å². The number of nitrogens with zero attached hydrogens (tertiary/aromatic N) is 1. The van der Waals surface area contributed by atoms with Crippen molar-refractivity contribution in [3.05, 3.63) is 70.5 Å². The van der Waals surface area contributed by atoms with Crippen molar-refractivity contribution >= 4 is 38.6 Å². The van der Waals surface area contributed by atoms with Crippen molar-refractivity contribution in [1.82, 2.24) is 4.57 Å². The number of primary sulfonamides is 1. The van der Waals surface area contributed by atoms with Gasteiger partial charge < -0.3 is 10.4 Å². The molecule has 9 nitrogen and oxygen atoms in total. The molecular formula is C17H13N3O6S. The lowest BCUT2D eigenvalue weighted by Gasteiger charge is -2.12. The molecule has 0 atom stereocenters. The largest absolute Gasteiger partial charge is 0.477 e. The fourth-order valence-electron chi connectivity index (χ4n) is 2.51. The molecule has 3 aromatic rings. The highest BCUT2D eigenvalue weighted by atomic mass is 32.2. The minimum absolute atomic E-state index is 0.0807. The molecule has 0 saturated heterocycles. The molecule has 0 aliphatic heterocycles. The van der Waals surface area contributed by atoms with Crippen LogP contribution in [0.1, 0.15) is 10.4 Å². The summed E-state index contributed by atoms with van der Waals surface area (Å²) < 4.78 is 23.5. The summed E-state index contributed by atoms with van der Waals surface area (Å²) >= 11 is 0. The number of carboxylic acids is 1. The Balaban J connectivity index is 2.04. The number of rotatable bonds is 3. The molecule has 27 heavy (non-hydrogen) atoms. The molecule has 0 bridgehead atoms. The Bertz CT molecular complexity index is 1230. The van der Waals surface area contributed by atoms with E-state index in [1.807, 2.05) is 0 Å². The van der Waals surface area contributed by atoms with Crippen LogP contribution in [0.25, 0.3) is 10.9 Å². The molecule has 0 fully saturated rings. The maximum Gasteiger partial charge on any atom is 0.341 e. The monoisotopic (exact) mass is 387 g/mol. The van der Waals surface area contributed by atoms with Gasteiger partial charge in [-0.2, -0.15) is 0 Å². The van der Waals surface area contributed by atoms with Crippen LogP contribution in [0.4, 0.5) is 10.5 Å². The summed E-state index contributed by atoms with van der Waals surface area (Å²) in [7, 11) is -3.87. The third kappa shape index (κ3) is 3.57. The second-order valence-corrected chi connectivity index (χ2v) is 7.13. The van der Waals surface area contributed by atoms with Crippen LogP contribution < -0.4 is 15.9 Å². The summed E-state index contributed by atoms with van der Waals surface area (Å²) in [6.45, 7) is 0. The number of nitrogens with one attached hydrogen (secondary N) is 1. The zero-order valence-electron chi connectivity index (χ0n) is 13.6. The van der Waals surface area contributed by atoms with E-state index in [-0.39, 0.29) is 21.5 Å². The van der Waals surface area contributed by atoms with Crippen LogP contribution in [-0.4, -0.2) is 30.1 Å². The van der Waals surface area contributed by atoms with Crippen LogP contribution in [-0.2, 0) is 10.0 Å². The van der Waals surface area contributed by atoms with Crippen molar-refractivity contribution in [3.8, 4) is 0 Å². The second-order valence-electron chi connectivity index (χ2n) is 5.56.